The molecule has 0 amide bonds. The van der Waals surface area contributed by atoms with Crippen molar-refractivity contribution in [3.63, 3.8) is 0 Å². The van der Waals surface area contributed by atoms with Gasteiger partial charge in [-0.1, -0.05) is 11.6 Å². The summed E-state index contributed by atoms with van der Waals surface area (Å²) in [6, 6.07) is 1.85. The predicted octanol–water partition coefficient (Wildman–Crippen LogP) is 3.83. The molecular formula is C7H3BrClF3O. The van der Waals surface area contributed by atoms with E-state index in [0.717, 1.165) is 0 Å². The number of halogens is 5. The van der Waals surface area contributed by atoms with Gasteiger partial charge in [0.1, 0.15) is 5.75 Å². The molecule has 0 fully saturated rings. The lowest BCUT2D eigenvalue weighted by Crippen LogP contribution is -2.05. The zero-order chi connectivity index (χ0) is 10.2. The van der Waals surface area contributed by atoms with Crippen LogP contribution in [-0.4, -0.2) is 5.11 Å². The Morgan fingerprint density at radius 2 is 1.85 bits per heavy atom. The Morgan fingerprint density at radius 3 is 2.31 bits per heavy atom. The van der Waals surface area contributed by atoms with Gasteiger partial charge in [0.2, 0.25) is 0 Å². The van der Waals surface area contributed by atoms with E-state index in [4.69, 9.17) is 16.7 Å². The van der Waals surface area contributed by atoms with E-state index >= 15 is 0 Å². The van der Waals surface area contributed by atoms with Crippen LogP contribution in [0.25, 0.3) is 0 Å². The number of benzene rings is 1. The molecule has 1 N–H and O–H groups in total. The van der Waals surface area contributed by atoms with E-state index < -0.39 is 17.5 Å². The maximum Gasteiger partial charge on any atom is 0.420 e. The lowest BCUT2D eigenvalue weighted by molar-refractivity contribution is -0.138. The Hall–Kier alpha value is -0.420. The molecule has 1 rings (SSSR count). The van der Waals surface area contributed by atoms with E-state index in [2.05, 4.69) is 15.9 Å². The summed E-state index contributed by atoms with van der Waals surface area (Å²) in [5.41, 5.74) is -1.15. The molecule has 0 heterocycles. The maximum atomic E-state index is 12.2. The molecule has 0 saturated carbocycles. The van der Waals surface area contributed by atoms with Crippen LogP contribution in [0.2, 0.25) is 5.02 Å². The highest BCUT2D eigenvalue weighted by Crippen LogP contribution is 2.41. The van der Waals surface area contributed by atoms with Crippen LogP contribution >= 0.6 is 27.5 Å². The van der Waals surface area contributed by atoms with Gasteiger partial charge in [0.05, 0.1) is 10.0 Å². The van der Waals surface area contributed by atoms with Crippen LogP contribution in [0.1, 0.15) is 5.56 Å². The SMILES string of the molecule is Oc1c(Br)cc(Cl)cc1C(F)(F)F. The molecule has 72 valence electrons. The molecule has 0 aromatic heterocycles. The van der Waals surface area contributed by atoms with Crippen molar-refractivity contribution in [3.8, 4) is 5.75 Å². The van der Waals surface area contributed by atoms with Crippen molar-refractivity contribution >= 4 is 27.5 Å². The number of rotatable bonds is 0. The first-order valence-electron chi connectivity index (χ1n) is 3.07. The van der Waals surface area contributed by atoms with Crippen molar-refractivity contribution in [2.75, 3.05) is 0 Å². The van der Waals surface area contributed by atoms with Crippen LogP contribution in [0, 0.1) is 0 Å². The van der Waals surface area contributed by atoms with Gasteiger partial charge in [-0.3, -0.25) is 0 Å². The highest BCUT2D eigenvalue weighted by atomic mass is 79.9. The predicted molar refractivity (Wildman–Crippen MR) is 45.8 cm³/mol. The Morgan fingerprint density at radius 1 is 1.31 bits per heavy atom. The van der Waals surface area contributed by atoms with Crippen LogP contribution in [0.5, 0.6) is 5.75 Å². The van der Waals surface area contributed by atoms with E-state index in [1.54, 1.807) is 0 Å². The second-order valence-electron chi connectivity index (χ2n) is 2.28. The summed E-state index contributed by atoms with van der Waals surface area (Å²) < 4.78 is 36.4. The third kappa shape index (κ3) is 2.28. The highest BCUT2D eigenvalue weighted by molar-refractivity contribution is 9.10. The quantitative estimate of drug-likeness (QED) is 0.763. The average molecular weight is 275 g/mol. The summed E-state index contributed by atoms with van der Waals surface area (Å²) in [7, 11) is 0. The summed E-state index contributed by atoms with van der Waals surface area (Å²) >= 11 is 8.14. The average Bonchev–Trinajstić information content (AvgIpc) is 1.94. The van der Waals surface area contributed by atoms with Crippen molar-refractivity contribution in [2.45, 2.75) is 6.18 Å². The zero-order valence-corrected chi connectivity index (χ0v) is 8.33. The number of alkyl halides is 3. The molecule has 0 aliphatic rings. The third-order valence-corrected chi connectivity index (χ3v) is 2.16. The maximum absolute atomic E-state index is 12.2. The molecule has 1 nitrogen and oxygen atoms in total. The molecule has 0 radical (unpaired) electrons. The first-order valence-corrected chi connectivity index (χ1v) is 4.24. The Labute approximate surface area is 85.3 Å². The largest absolute Gasteiger partial charge is 0.506 e. The number of aromatic hydroxyl groups is 1. The van der Waals surface area contributed by atoms with Crippen molar-refractivity contribution in [1.29, 1.82) is 0 Å². The normalized spacial score (nSPS) is 11.8. The van der Waals surface area contributed by atoms with E-state index in [1.165, 1.54) is 6.07 Å². The number of hydrogen-bond donors (Lipinski definition) is 1. The lowest BCUT2D eigenvalue weighted by Gasteiger charge is -2.10. The second kappa shape index (κ2) is 3.38. The first kappa shape index (κ1) is 10.7. The van der Waals surface area contributed by atoms with Crippen LogP contribution < -0.4 is 0 Å². The summed E-state index contributed by atoms with van der Waals surface area (Å²) in [5, 5.41) is 8.95. The van der Waals surface area contributed by atoms with E-state index in [1.807, 2.05) is 0 Å². The summed E-state index contributed by atoms with van der Waals surface area (Å²) in [4.78, 5) is 0. The molecule has 0 atom stereocenters. The minimum atomic E-state index is -4.60. The first-order chi connectivity index (χ1) is 5.82. The van der Waals surface area contributed by atoms with E-state index in [-0.39, 0.29) is 9.50 Å². The molecule has 0 aliphatic carbocycles. The molecule has 13 heavy (non-hydrogen) atoms. The molecular weight excluding hydrogens is 272 g/mol. The Balaban J connectivity index is 3.37. The van der Waals surface area contributed by atoms with Gasteiger partial charge in [-0.25, -0.2) is 0 Å². The molecule has 1 aromatic carbocycles. The highest BCUT2D eigenvalue weighted by Gasteiger charge is 2.35. The minimum Gasteiger partial charge on any atom is -0.506 e. The van der Waals surface area contributed by atoms with Crippen molar-refractivity contribution in [3.05, 3.63) is 27.2 Å². The second-order valence-corrected chi connectivity index (χ2v) is 3.57. The number of hydrogen-bond acceptors (Lipinski definition) is 1. The van der Waals surface area contributed by atoms with Gasteiger partial charge in [-0.15, -0.1) is 0 Å². The Bertz CT molecular complexity index is 337. The molecule has 0 aliphatic heterocycles. The monoisotopic (exact) mass is 274 g/mol. The summed E-state index contributed by atoms with van der Waals surface area (Å²) in [6.45, 7) is 0. The van der Waals surface area contributed by atoms with Crippen molar-refractivity contribution in [2.24, 2.45) is 0 Å². The van der Waals surface area contributed by atoms with Gasteiger partial charge in [0.15, 0.2) is 0 Å². The smallest absolute Gasteiger partial charge is 0.420 e. The van der Waals surface area contributed by atoms with Gasteiger partial charge in [0, 0.05) is 5.02 Å². The molecule has 1 aromatic rings. The topological polar surface area (TPSA) is 20.2 Å². The molecule has 0 unspecified atom stereocenters. The summed E-state index contributed by atoms with van der Waals surface area (Å²) in [5.74, 6) is -0.850. The molecule has 0 bridgehead atoms. The summed E-state index contributed by atoms with van der Waals surface area (Å²) in [6.07, 6.45) is -4.60. The standard InChI is InChI=1S/C7H3BrClF3O/c8-5-2-3(9)1-4(6(5)13)7(10,11)12/h1-2,13H. The van der Waals surface area contributed by atoms with Crippen LogP contribution in [0.4, 0.5) is 13.2 Å². The third-order valence-electron chi connectivity index (χ3n) is 1.33. The zero-order valence-electron chi connectivity index (χ0n) is 5.99. The van der Waals surface area contributed by atoms with Gasteiger partial charge >= 0.3 is 6.18 Å². The molecule has 0 spiro atoms. The molecule has 6 heteroatoms. The van der Waals surface area contributed by atoms with Gasteiger partial charge in [0.25, 0.3) is 0 Å². The number of phenols is 1. The van der Waals surface area contributed by atoms with Crippen LogP contribution in [0.3, 0.4) is 0 Å². The molecule has 0 saturated heterocycles. The Kier molecular flexibility index (Phi) is 2.77. The fourth-order valence-electron chi connectivity index (χ4n) is 0.782. The van der Waals surface area contributed by atoms with Crippen LogP contribution in [-0.2, 0) is 6.18 Å². The van der Waals surface area contributed by atoms with E-state index in [0.29, 0.717) is 6.07 Å². The van der Waals surface area contributed by atoms with Crippen molar-refractivity contribution in [1.82, 2.24) is 0 Å². The minimum absolute atomic E-state index is 0.0766. The van der Waals surface area contributed by atoms with Gasteiger partial charge in [-0.05, 0) is 28.1 Å². The fourth-order valence-corrected chi connectivity index (χ4v) is 1.59. The fraction of sp³-hybridized carbons (Fsp3) is 0.143. The van der Waals surface area contributed by atoms with Gasteiger partial charge in [-0.2, -0.15) is 13.2 Å². The van der Waals surface area contributed by atoms with Crippen LogP contribution in [0.15, 0.2) is 16.6 Å². The van der Waals surface area contributed by atoms with Gasteiger partial charge < -0.3 is 5.11 Å². The van der Waals surface area contributed by atoms with E-state index in [9.17, 15) is 13.2 Å². The lowest BCUT2D eigenvalue weighted by atomic mass is 10.2. The van der Waals surface area contributed by atoms with Crippen molar-refractivity contribution < 1.29 is 18.3 Å². The number of phenolic OH excluding ortho intramolecular Hbond substituents is 1.